The SMILES string of the molecule is C=CC(=O)OC([CH2-])C.C=CC(=O)OC([CH2-])C.[Mg+2]. The molecule has 0 aliphatic rings. The van der Waals surface area contributed by atoms with E-state index in [0.717, 1.165) is 12.2 Å². The monoisotopic (exact) mass is 250 g/mol. The minimum atomic E-state index is -0.424. The molecule has 0 aliphatic heterocycles. The van der Waals surface area contributed by atoms with Gasteiger partial charge in [-0.2, -0.15) is 0 Å². The van der Waals surface area contributed by atoms with Crippen molar-refractivity contribution in [1.29, 1.82) is 0 Å². The molecule has 4 nitrogen and oxygen atoms in total. The first-order chi connectivity index (χ1) is 7.33. The predicted molar refractivity (Wildman–Crippen MR) is 68.0 cm³/mol. The van der Waals surface area contributed by atoms with Gasteiger partial charge in [-0.15, -0.1) is 0 Å². The van der Waals surface area contributed by atoms with Crippen LogP contribution in [0.25, 0.3) is 0 Å². The quantitative estimate of drug-likeness (QED) is 0.328. The summed E-state index contributed by atoms with van der Waals surface area (Å²) in [6.45, 7) is 16.7. The van der Waals surface area contributed by atoms with Gasteiger partial charge in [-0.1, -0.05) is 27.0 Å². The number of rotatable bonds is 4. The Morgan fingerprint density at radius 3 is 1.29 bits per heavy atom. The third-order valence-electron chi connectivity index (χ3n) is 0.968. The van der Waals surface area contributed by atoms with Crippen molar-refractivity contribution in [2.45, 2.75) is 26.1 Å². The summed E-state index contributed by atoms with van der Waals surface area (Å²) >= 11 is 0. The molecule has 0 saturated carbocycles. The number of carbonyl (C=O) groups is 2. The predicted octanol–water partition coefficient (Wildman–Crippen LogP) is 1.50. The molecule has 0 aromatic heterocycles. The van der Waals surface area contributed by atoms with E-state index in [4.69, 9.17) is 0 Å². The first-order valence-corrected chi connectivity index (χ1v) is 4.65. The molecule has 2 atom stereocenters. The van der Waals surface area contributed by atoms with Crippen LogP contribution in [-0.2, 0) is 19.1 Å². The second-order valence-corrected chi connectivity index (χ2v) is 2.90. The van der Waals surface area contributed by atoms with E-state index in [0.29, 0.717) is 0 Å². The standard InChI is InChI=1S/2C6H9O2.Mg/c2*1-4-6(7)8-5(2)3;/h2*4-5H,1-2H2,3H3;/q2*-1;+2. The van der Waals surface area contributed by atoms with Crippen LogP contribution in [0.3, 0.4) is 0 Å². The molecule has 0 bridgehead atoms. The molecule has 0 aromatic rings. The van der Waals surface area contributed by atoms with Crippen molar-refractivity contribution in [2.24, 2.45) is 0 Å². The zero-order valence-electron chi connectivity index (χ0n) is 10.5. The number of hydrogen-bond acceptors (Lipinski definition) is 4. The Hall–Kier alpha value is -0.814. The Kier molecular flexibility index (Phi) is 16.7. The number of carbonyl (C=O) groups excluding carboxylic acids is 2. The Bertz CT molecular complexity index is 221. The van der Waals surface area contributed by atoms with Gasteiger partial charge in [0.05, 0.1) is 0 Å². The fourth-order valence-electron chi connectivity index (χ4n) is 0.493. The first kappa shape index (κ1) is 21.5. The summed E-state index contributed by atoms with van der Waals surface area (Å²) in [6, 6.07) is 0. The summed E-state index contributed by atoms with van der Waals surface area (Å²) in [7, 11) is 0. The van der Waals surface area contributed by atoms with Gasteiger partial charge in [-0.3, -0.25) is 0 Å². The van der Waals surface area contributed by atoms with Crippen LogP contribution in [0, 0.1) is 13.8 Å². The van der Waals surface area contributed by atoms with E-state index in [9.17, 15) is 9.59 Å². The van der Waals surface area contributed by atoms with E-state index < -0.39 is 11.9 Å². The summed E-state index contributed by atoms with van der Waals surface area (Å²) in [5.41, 5.74) is 0. The van der Waals surface area contributed by atoms with Gasteiger partial charge in [0.15, 0.2) is 0 Å². The number of esters is 2. The largest absolute Gasteiger partial charge is 2.00 e. The Morgan fingerprint density at radius 1 is 1.00 bits per heavy atom. The van der Waals surface area contributed by atoms with Gasteiger partial charge in [0.2, 0.25) is 0 Å². The maximum atomic E-state index is 10.2. The van der Waals surface area contributed by atoms with E-state index in [2.05, 4.69) is 36.5 Å². The van der Waals surface area contributed by atoms with E-state index in [1.165, 1.54) is 0 Å². The molecule has 5 heteroatoms. The molecule has 0 saturated heterocycles. The van der Waals surface area contributed by atoms with Crippen molar-refractivity contribution in [2.75, 3.05) is 0 Å². The molecule has 0 radical (unpaired) electrons. The minimum absolute atomic E-state index is 0. The zero-order chi connectivity index (χ0) is 13.1. The third kappa shape index (κ3) is 21.1. The normalized spacial score (nSPS) is 11.5. The summed E-state index contributed by atoms with van der Waals surface area (Å²) in [5, 5.41) is 0. The maximum Gasteiger partial charge on any atom is 2.00 e. The van der Waals surface area contributed by atoms with Gasteiger partial charge in [-0.05, 0) is 12.2 Å². The minimum Gasteiger partial charge on any atom is -0.493 e. The van der Waals surface area contributed by atoms with Crippen molar-refractivity contribution in [3.8, 4) is 0 Å². The fourth-order valence-corrected chi connectivity index (χ4v) is 0.493. The summed E-state index contributed by atoms with van der Waals surface area (Å²) in [6.07, 6.45) is 1.64. The molecule has 0 rings (SSSR count). The van der Waals surface area contributed by atoms with Gasteiger partial charge < -0.3 is 23.3 Å². The second kappa shape index (κ2) is 13.3. The maximum absolute atomic E-state index is 10.2. The Morgan fingerprint density at radius 2 is 1.24 bits per heavy atom. The van der Waals surface area contributed by atoms with Gasteiger partial charge in [0.25, 0.3) is 0 Å². The molecule has 2 unspecified atom stereocenters. The van der Waals surface area contributed by atoms with Crippen LogP contribution in [0.1, 0.15) is 13.8 Å². The van der Waals surface area contributed by atoms with Gasteiger partial charge in [-0.25, -0.2) is 9.59 Å². The van der Waals surface area contributed by atoms with Crippen LogP contribution in [0.15, 0.2) is 25.3 Å². The van der Waals surface area contributed by atoms with Crippen molar-refractivity contribution in [3.63, 3.8) is 0 Å². The topological polar surface area (TPSA) is 52.6 Å². The molecule has 17 heavy (non-hydrogen) atoms. The van der Waals surface area contributed by atoms with Crippen LogP contribution in [0.5, 0.6) is 0 Å². The fraction of sp³-hybridized carbons (Fsp3) is 0.333. The Balaban J connectivity index is -0.000000218. The van der Waals surface area contributed by atoms with Crippen LogP contribution in [-0.4, -0.2) is 47.2 Å². The van der Waals surface area contributed by atoms with Gasteiger partial charge >= 0.3 is 35.0 Å². The van der Waals surface area contributed by atoms with E-state index in [-0.39, 0.29) is 35.3 Å². The molecular weight excluding hydrogens is 232 g/mol. The van der Waals surface area contributed by atoms with Gasteiger partial charge in [0, 0.05) is 12.2 Å². The molecule has 0 N–H and O–H groups in total. The van der Waals surface area contributed by atoms with E-state index in [1.807, 2.05) is 0 Å². The van der Waals surface area contributed by atoms with E-state index >= 15 is 0 Å². The van der Waals surface area contributed by atoms with Crippen molar-refractivity contribution >= 4 is 35.0 Å². The third-order valence-corrected chi connectivity index (χ3v) is 0.968. The molecular formula is C12H18MgO4. The average molecular weight is 251 g/mol. The van der Waals surface area contributed by atoms with Crippen molar-refractivity contribution in [3.05, 3.63) is 39.2 Å². The smallest absolute Gasteiger partial charge is 0.493 e. The molecule has 92 valence electrons. The van der Waals surface area contributed by atoms with Crippen molar-refractivity contribution in [1.82, 2.24) is 0 Å². The number of ether oxygens (including phenoxy) is 2. The summed E-state index contributed by atoms with van der Waals surface area (Å²) in [5.74, 6) is -0.847. The molecule has 0 aromatic carbocycles. The van der Waals surface area contributed by atoms with Crippen LogP contribution in [0.2, 0.25) is 0 Å². The zero-order valence-corrected chi connectivity index (χ0v) is 11.9. The van der Waals surface area contributed by atoms with Gasteiger partial charge in [0.1, 0.15) is 0 Å². The average Bonchev–Trinajstić information content (AvgIpc) is 2.16. The molecule has 0 amide bonds. The summed E-state index contributed by atoms with van der Waals surface area (Å²) in [4.78, 5) is 20.5. The van der Waals surface area contributed by atoms with E-state index in [1.54, 1.807) is 13.8 Å². The van der Waals surface area contributed by atoms with Crippen LogP contribution < -0.4 is 0 Å². The first-order valence-electron chi connectivity index (χ1n) is 4.65. The molecule has 0 fully saturated rings. The van der Waals surface area contributed by atoms with Crippen LogP contribution in [0.4, 0.5) is 0 Å². The summed E-state index contributed by atoms with van der Waals surface area (Å²) < 4.78 is 9.06. The Labute approximate surface area is 119 Å². The number of hydrogen-bond donors (Lipinski definition) is 0. The van der Waals surface area contributed by atoms with Crippen molar-refractivity contribution < 1.29 is 19.1 Å². The molecule has 0 spiro atoms. The van der Waals surface area contributed by atoms with Crippen LogP contribution >= 0.6 is 0 Å². The molecule has 0 aliphatic carbocycles. The second-order valence-electron chi connectivity index (χ2n) is 2.90. The molecule has 0 heterocycles.